The Labute approximate surface area is 267 Å². The molecule has 0 saturated carbocycles. The van der Waals surface area contributed by atoms with Crippen LogP contribution >= 0.6 is 22.6 Å². The maximum Gasteiger partial charge on any atom is 0.339 e. The second-order valence-corrected chi connectivity index (χ2v) is 13.7. The minimum atomic E-state index is -4.03. The van der Waals surface area contributed by atoms with Gasteiger partial charge in [-0.05, 0) is 115 Å². The van der Waals surface area contributed by atoms with Crippen LogP contribution in [-0.4, -0.2) is 21.2 Å². The maximum absolute atomic E-state index is 13.0. The van der Waals surface area contributed by atoms with E-state index >= 15 is 0 Å². The fraction of sp³-hybridized carbons (Fsp3) is 0.229. The summed E-state index contributed by atoms with van der Waals surface area (Å²) in [4.78, 5) is 4.79. The predicted octanol–water partition coefficient (Wildman–Crippen LogP) is 8.65. The first-order chi connectivity index (χ1) is 20.7. The lowest BCUT2D eigenvalue weighted by Crippen LogP contribution is -2.29. The molecule has 0 amide bonds. The van der Waals surface area contributed by atoms with Crippen LogP contribution in [0.2, 0.25) is 0 Å². The number of aryl methyl sites for hydroxylation is 2. The van der Waals surface area contributed by atoms with Crippen LogP contribution in [0.3, 0.4) is 0 Å². The largest absolute Gasteiger partial charge is 0.490 e. The molecule has 0 fully saturated rings. The average Bonchev–Trinajstić information content (AvgIpc) is 3.49. The van der Waals surface area contributed by atoms with Gasteiger partial charge in [0.15, 0.2) is 11.5 Å². The van der Waals surface area contributed by atoms with Crippen molar-refractivity contribution in [1.82, 2.24) is 0 Å². The normalized spacial score (nSPS) is 19.1. The summed E-state index contributed by atoms with van der Waals surface area (Å²) in [5.41, 5.74) is 7.70. The van der Waals surface area contributed by atoms with Crippen molar-refractivity contribution in [1.29, 1.82) is 0 Å². The van der Waals surface area contributed by atoms with Crippen molar-refractivity contribution in [3.05, 3.63) is 122 Å². The number of fused-ring (bicyclic) bond motifs is 3. The van der Waals surface area contributed by atoms with E-state index in [4.69, 9.17) is 13.9 Å². The SMILES string of the molecule is CCOc1cc(C=Nc2ccc([C@@H]3Nc4ccc(C)cc4[C@H]4C=CC[C@H]43)cc2)cc(I)c1OS(=O)(=O)c1ccc(C)cc1. The lowest BCUT2D eigenvalue weighted by Gasteiger charge is -2.37. The molecule has 0 unspecified atom stereocenters. The van der Waals surface area contributed by atoms with Gasteiger partial charge in [-0.2, -0.15) is 8.42 Å². The number of nitrogens with zero attached hydrogens (tertiary/aromatic N) is 1. The molecule has 43 heavy (non-hydrogen) atoms. The molecule has 220 valence electrons. The molecule has 1 heterocycles. The summed E-state index contributed by atoms with van der Waals surface area (Å²) in [5, 5.41) is 3.80. The third kappa shape index (κ3) is 6.21. The molecule has 1 N–H and O–H groups in total. The zero-order valence-electron chi connectivity index (χ0n) is 24.3. The number of benzene rings is 4. The summed E-state index contributed by atoms with van der Waals surface area (Å²) >= 11 is 2.07. The molecule has 1 aliphatic carbocycles. The topological polar surface area (TPSA) is 77.0 Å². The summed E-state index contributed by atoms with van der Waals surface area (Å²) in [6.07, 6.45) is 7.49. The van der Waals surface area contributed by atoms with Crippen LogP contribution in [0.4, 0.5) is 11.4 Å². The summed E-state index contributed by atoms with van der Waals surface area (Å²) in [6.45, 7) is 6.25. The smallest absolute Gasteiger partial charge is 0.339 e. The second kappa shape index (κ2) is 12.2. The first-order valence-corrected chi connectivity index (χ1v) is 16.9. The molecule has 3 atom stereocenters. The first kappa shape index (κ1) is 29.4. The average molecular weight is 705 g/mol. The van der Waals surface area contributed by atoms with Gasteiger partial charge < -0.3 is 14.2 Å². The van der Waals surface area contributed by atoms with Crippen LogP contribution in [-0.2, 0) is 10.1 Å². The van der Waals surface area contributed by atoms with Gasteiger partial charge in [0.2, 0.25) is 0 Å². The number of halogens is 1. The molecule has 4 aromatic rings. The summed E-state index contributed by atoms with van der Waals surface area (Å²) < 4.78 is 37.9. The third-order valence-electron chi connectivity index (χ3n) is 7.97. The molecule has 1 aliphatic heterocycles. The van der Waals surface area contributed by atoms with E-state index < -0.39 is 10.1 Å². The molecule has 6 rings (SSSR count). The minimum Gasteiger partial charge on any atom is -0.490 e. The lowest BCUT2D eigenvalue weighted by atomic mass is 9.76. The monoisotopic (exact) mass is 704 g/mol. The molecule has 0 radical (unpaired) electrons. The van der Waals surface area contributed by atoms with Gasteiger partial charge in [0.05, 0.1) is 21.9 Å². The zero-order chi connectivity index (χ0) is 30.1. The fourth-order valence-electron chi connectivity index (χ4n) is 5.83. The van der Waals surface area contributed by atoms with Gasteiger partial charge in [-0.15, -0.1) is 0 Å². The van der Waals surface area contributed by atoms with Crippen molar-refractivity contribution < 1.29 is 17.3 Å². The fourth-order valence-corrected chi connectivity index (χ4v) is 7.67. The van der Waals surface area contributed by atoms with E-state index in [1.165, 1.54) is 34.5 Å². The summed E-state index contributed by atoms with van der Waals surface area (Å²) in [7, 11) is -4.03. The van der Waals surface area contributed by atoms with Crippen molar-refractivity contribution in [2.24, 2.45) is 10.9 Å². The number of hydrogen-bond donors (Lipinski definition) is 1. The van der Waals surface area contributed by atoms with Crippen LogP contribution in [0.1, 0.15) is 53.1 Å². The Kier molecular flexibility index (Phi) is 8.33. The van der Waals surface area contributed by atoms with Crippen LogP contribution in [0.5, 0.6) is 11.5 Å². The van der Waals surface area contributed by atoms with Gasteiger partial charge in [0.1, 0.15) is 4.90 Å². The van der Waals surface area contributed by atoms with E-state index in [0.29, 0.717) is 27.8 Å². The van der Waals surface area contributed by atoms with Gasteiger partial charge in [0, 0.05) is 17.8 Å². The van der Waals surface area contributed by atoms with Crippen LogP contribution < -0.4 is 14.2 Å². The highest BCUT2D eigenvalue weighted by Gasteiger charge is 2.37. The number of aliphatic imine (C=N–C) groups is 1. The Bertz CT molecular complexity index is 1820. The van der Waals surface area contributed by atoms with Gasteiger partial charge >= 0.3 is 10.1 Å². The van der Waals surface area contributed by atoms with Crippen LogP contribution in [0, 0.1) is 23.3 Å². The van der Waals surface area contributed by atoms with E-state index in [1.54, 1.807) is 24.4 Å². The van der Waals surface area contributed by atoms with Crippen LogP contribution in [0.15, 0.2) is 101 Å². The number of anilines is 1. The van der Waals surface area contributed by atoms with Crippen molar-refractivity contribution >= 4 is 50.3 Å². The molecule has 2 aliphatic rings. The van der Waals surface area contributed by atoms with Crippen molar-refractivity contribution in [3.8, 4) is 11.5 Å². The Morgan fingerprint density at radius 1 is 0.977 bits per heavy atom. The van der Waals surface area contributed by atoms with E-state index in [9.17, 15) is 8.42 Å². The molecule has 6 nitrogen and oxygen atoms in total. The quantitative estimate of drug-likeness (QED) is 0.0861. The van der Waals surface area contributed by atoms with E-state index in [0.717, 1.165) is 23.2 Å². The van der Waals surface area contributed by atoms with E-state index in [1.807, 2.05) is 32.0 Å². The van der Waals surface area contributed by atoms with Crippen molar-refractivity contribution in [2.75, 3.05) is 11.9 Å². The Morgan fingerprint density at radius 3 is 2.47 bits per heavy atom. The Balaban J connectivity index is 1.21. The minimum absolute atomic E-state index is 0.0906. The molecular formula is C35H33IN2O4S. The predicted molar refractivity (Wildman–Crippen MR) is 181 cm³/mol. The van der Waals surface area contributed by atoms with Gasteiger partial charge in [-0.25, -0.2) is 0 Å². The Hall–Kier alpha value is -3.63. The molecule has 8 heteroatoms. The second-order valence-electron chi connectivity index (χ2n) is 11.0. The number of allylic oxidation sites excluding steroid dienone is 2. The van der Waals surface area contributed by atoms with Gasteiger partial charge in [0.25, 0.3) is 0 Å². The number of hydrogen-bond acceptors (Lipinski definition) is 6. The molecule has 0 spiro atoms. The highest BCUT2D eigenvalue weighted by Crippen LogP contribution is 2.50. The van der Waals surface area contributed by atoms with Gasteiger partial charge in [-0.1, -0.05) is 59.7 Å². The molecule has 0 bridgehead atoms. The standard InChI is InChI=1S/C35H33IN2O4S/c1-4-41-33-20-24(19-31(36)35(33)42-43(39,40)27-15-8-22(2)9-16-27)21-37-26-13-11-25(12-14-26)34-29-7-5-6-28(29)30-18-23(3)10-17-32(30)38-34/h5-6,8-21,28-29,34,38H,4,7H2,1-3H3/t28-,29+,34-/m0/s1. The first-order valence-electron chi connectivity index (χ1n) is 14.4. The van der Waals surface area contributed by atoms with E-state index in [-0.39, 0.29) is 16.7 Å². The highest BCUT2D eigenvalue weighted by atomic mass is 127. The third-order valence-corrected chi connectivity index (χ3v) is 10.0. The number of rotatable bonds is 8. The van der Waals surface area contributed by atoms with E-state index in [2.05, 4.69) is 77.3 Å². The molecule has 0 aromatic heterocycles. The zero-order valence-corrected chi connectivity index (χ0v) is 27.2. The van der Waals surface area contributed by atoms with Crippen molar-refractivity contribution in [3.63, 3.8) is 0 Å². The van der Waals surface area contributed by atoms with Crippen molar-refractivity contribution in [2.45, 2.75) is 44.0 Å². The number of ether oxygens (including phenoxy) is 1. The maximum atomic E-state index is 13.0. The molecule has 4 aromatic carbocycles. The van der Waals surface area contributed by atoms with Gasteiger partial charge in [-0.3, -0.25) is 4.99 Å². The summed E-state index contributed by atoms with van der Waals surface area (Å²) in [5.74, 6) is 1.43. The number of nitrogens with one attached hydrogen (secondary N) is 1. The lowest BCUT2D eigenvalue weighted by molar-refractivity contribution is 0.327. The summed E-state index contributed by atoms with van der Waals surface area (Å²) in [6, 6.07) is 25.4. The molecule has 0 saturated heterocycles. The molecular weight excluding hydrogens is 671 g/mol. The highest BCUT2D eigenvalue weighted by molar-refractivity contribution is 14.1. The Morgan fingerprint density at radius 2 is 1.72 bits per heavy atom. The van der Waals surface area contributed by atoms with Crippen LogP contribution in [0.25, 0.3) is 0 Å².